The molecule has 0 spiro atoms. The van der Waals surface area contributed by atoms with Gasteiger partial charge in [0.2, 0.25) is 0 Å². The Labute approximate surface area is 171 Å². The Morgan fingerprint density at radius 1 is 0.767 bits per heavy atom. The average molecular weight is 433 g/mol. The first-order valence-electron chi connectivity index (χ1n) is 9.37. The number of ether oxygens (including phenoxy) is 4. The summed E-state index contributed by atoms with van der Waals surface area (Å²) < 4.78 is 21.7. The molecule has 2 heterocycles. The summed E-state index contributed by atoms with van der Waals surface area (Å²) in [4.78, 5) is 0. The van der Waals surface area contributed by atoms with Crippen LogP contribution in [0.1, 0.15) is 0 Å². The van der Waals surface area contributed by atoms with Crippen molar-refractivity contribution in [1.29, 1.82) is 0 Å². The fourth-order valence-electron chi connectivity index (χ4n) is 3.39. The Morgan fingerprint density at radius 2 is 1.40 bits per heavy atom. The van der Waals surface area contributed by atoms with E-state index in [-0.39, 0.29) is 5.75 Å². The highest BCUT2D eigenvalue weighted by Crippen LogP contribution is 2.30. The van der Waals surface area contributed by atoms with Gasteiger partial charge in [0, 0.05) is 5.69 Å². The molecule has 0 aliphatic carbocycles. The van der Waals surface area contributed by atoms with Gasteiger partial charge in [0.1, 0.15) is 48.5 Å². The SMILES string of the molecule is Nc1ccc(O[C@@H]2[C@@H](O)[C@H](O[C@@H]3O[C@H](CO)[C@H](O)[C@H](O)[C@H]3O)[C@@H](CO)O[C@H]2O)cc1. The van der Waals surface area contributed by atoms with Gasteiger partial charge in [-0.2, -0.15) is 0 Å². The Kier molecular flexibility index (Phi) is 7.47. The third-order valence-corrected chi connectivity index (χ3v) is 5.11. The van der Waals surface area contributed by atoms with E-state index in [2.05, 4.69) is 0 Å². The fourth-order valence-corrected chi connectivity index (χ4v) is 3.39. The number of nitrogens with two attached hydrogens (primary N) is 1. The van der Waals surface area contributed by atoms with E-state index in [0.717, 1.165) is 0 Å². The molecule has 0 aromatic heterocycles. The van der Waals surface area contributed by atoms with Gasteiger partial charge in [-0.3, -0.25) is 0 Å². The predicted molar refractivity (Wildman–Crippen MR) is 97.9 cm³/mol. The average Bonchev–Trinajstić information content (AvgIpc) is 2.74. The summed E-state index contributed by atoms with van der Waals surface area (Å²) >= 11 is 0. The van der Waals surface area contributed by atoms with E-state index < -0.39 is 74.6 Å². The fraction of sp³-hybridized carbons (Fsp3) is 0.667. The molecule has 0 unspecified atom stereocenters. The van der Waals surface area contributed by atoms with Gasteiger partial charge in [-0.15, -0.1) is 0 Å². The van der Waals surface area contributed by atoms with Crippen LogP contribution in [0.15, 0.2) is 24.3 Å². The maximum Gasteiger partial charge on any atom is 0.195 e. The van der Waals surface area contributed by atoms with E-state index in [1.54, 1.807) is 12.1 Å². The van der Waals surface area contributed by atoms with Crippen molar-refractivity contribution in [2.24, 2.45) is 0 Å². The Hall–Kier alpha value is -1.58. The van der Waals surface area contributed by atoms with Crippen molar-refractivity contribution in [3.63, 3.8) is 0 Å². The van der Waals surface area contributed by atoms with Crippen LogP contribution in [0.25, 0.3) is 0 Å². The highest BCUT2D eigenvalue weighted by Gasteiger charge is 2.51. The summed E-state index contributed by atoms with van der Waals surface area (Å²) in [5.74, 6) is 0.268. The Bertz CT molecular complexity index is 675. The third-order valence-electron chi connectivity index (χ3n) is 5.11. The van der Waals surface area contributed by atoms with Crippen LogP contribution < -0.4 is 10.5 Å². The molecular formula is C18H27NO11. The number of hydrogen-bond acceptors (Lipinski definition) is 12. The zero-order valence-electron chi connectivity index (χ0n) is 15.8. The lowest BCUT2D eigenvalue weighted by Gasteiger charge is -2.46. The monoisotopic (exact) mass is 433 g/mol. The van der Waals surface area contributed by atoms with E-state index in [1.165, 1.54) is 12.1 Å². The number of aliphatic hydroxyl groups excluding tert-OH is 7. The van der Waals surface area contributed by atoms with Crippen molar-refractivity contribution in [3.05, 3.63) is 24.3 Å². The minimum atomic E-state index is -1.72. The maximum absolute atomic E-state index is 10.8. The van der Waals surface area contributed by atoms with Gasteiger partial charge < -0.3 is 60.4 Å². The molecule has 12 heteroatoms. The summed E-state index contributed by atoms with van der Waals surface area (Å²) in [6.07, 6.45) is -14.9. The summed E-state index contributed by atoms with van der Waals surface area (Å²) in [5.41, 5.74) is 6.09. The van der Waals surface area contributed by atoms with Crippen LogP contribution in [-0.4, -0.2) is 110 Å². The Morgan fingerprint density at radius 3 is 2.00 bits per heavy atom. The second kappa shape index (κ2) is 9.70. The van der Waals surface area contributed by atoms with Gasteiger partial charge in [-0.25, -0.2) is 0 Å². The molecule has 9 N–H and O–H groups in total. The smallest absolute Gasteiger partial charge is 0.195 e. The topological polar surface area (TPSA) is 205 Å². The van der Waals surface area contributed by atoms with Gasteiger partial charge in [-0.05, 0) is 24.3 Å². The summed E-state index contributed by atoms with van der Waals surface area (Å²) in [6.45, 7) is -1.33. The number of aliphatic hydroxyl groups is 7. The van der Waals surface area contributed by atoms with Crippen LogP contribution in [0.2, 0.25) is 0 Å². The molecule has 1 aromatic carbocycles. The normalized spacial score (nSPS) is 42.1. The summed E-state index contributed by atoms with van der Waals surface area (Å²) in [6, 6.07) is 6.13. The first kappa shape index (κ1) is 23.1. The molecule has 0 bridgehead atoms. The first-order valence-corrected chi connectivity index (χ1v) is 9.37. The van der Waals surface area contributed by atoms with Gasteiger partial charge in [-0.1, -0.05) is 0 Å². The summed E-state index contributed by atoms with van der Waals surface area (Å²) in [5, 5.41) is 69.8. The highest BCUT2D eigenvalue weighted by molar-refractivity contribution is 5.41. The van der Waals surface area contributed by atoms with Crippen molar-refractivity contribution in [2.45, 2.75) is 61.4 Å². The molecule has 30 heavy (non-hydrogen) atoms. The first-order chi connectivity index (χ1) is 14.3. The van der Waals surface area contributed by atoms with Crippen molar-refractivity contribution >= 4 is 5.69 Å². The molecule has 2 aliphatic heterocycles. The molecule has 10 atom stereocenters. The molecule has 1 aromatic rings. The van der Waals surface area contributed by atoms with Crippen LogP contribution in [0.4, 0.5) is 5.69 Å². The number of rotatable bonds is 6. The van der Waals surface area contributed by atoms with Crippen molar-refractivity contribution in [2.75, 3.05) is 18.9 Å². The van der Waals surface area contributed by atoms with E-state index in [0.29, 0.717) is 5.69 Å². The number of benzene rings is 1. The zero-order chi connectivity index (χ0) is 22.0. The number of nitrogen functional groups attached to an aromatic ring is 1. The number of anilines is 1. The lowest BCUT2D eigenvalue weighted by Crippen LogP contribution is -2.65. The molecule has 0 amide bonds. The highest BCUT2D eigenvalue weighted by atomic mass is 16.7. The molecule has 0 radical (unpaired) electrons. The second-order valence-corrected chi connectivity index (χ2v) is 7.19. The molecule has 12 nitrogen and oxygen atoms in total. The second-order valence-electron chi connectivity index (χ2n) is 7.19. The van der Waals surface area contributed by atoms with Crippen LogP contribution in [0, 0.1) is 0 Å². The van der Waals surface area contributed by atoms with Gasteiger partial charge >= 0.3 is 0 Å². The minimum absolute atomic E-state index is 0.268. The maximum atomic E-state index is 10.8. The quantitative estimate of drug-likeness (QED) is 0.204. The lowest BCUT2D eigenvalue weighted by molar-refractivity contribution is -0.353. The van der Waals surface area contributed by atoms with E-state index in [1.807, 2.05) is 0 Å². The predicted octanol–water partition coefficient (Wildman–Crippen LogP) is -3.73. The molecule has 0 saturated carbocycles. The van der Waals surface area contributed by atoms with E-state index in [4.69, 9.17) is 24.7 Å². The number of hydrogen-bond donors (Lipinski definition) is 8. The van der Waals surface area contributed by atoms with Crippen molar-refractivity contribution < 1.29 is 54.7 Å². The zero-order valence-corrected chi connectivity index (χ0v) is 15.8. The largest absolute Gasteiger partial charge is 0.482 e. The van der Waals surface area contributed by atoms with E-state index >= 15 is 0 Å². The van der Waals surface area contributed by atoms with Crippen molar-refractivity contribution in [3.8, 4) is 5.75 Å². The van der Waals surface area contributed by atoms with Crippen LogP contribution in [0.3, 0.4) is 0 Å². The molecule has 2 saturated heterocycles. The van der Waals surface area contributed by atoms with Gasteiger partial charge in [0.25, 0.3) is 0 Å². The van der Waals surface area contributed by atoms with E-state index in [9.17, 15) is 35.7 Å². The molecule has 2 aliphatic rings. The standard InChI is InChI=1S/C18H27NO11/c19-7-1-3-8(4-2-7)27-16-14(25)15(10(6-21)28-17(16)26)30-18-13(24)12(23)11(22)9(5-20)29-18/h1-4,9-18,20-26H,5-6,19H2/t9-,10-,11+,12+,13-,14+,15-,16-,17-,18+/m1/s1. The molecule has 170 valence electrons. The Balaban J connectivity index is 1.76. The van der Waals surface area contributed by atoms with Crippen LogP contribution in [-0.2, 0) is 14.2 Å². The molecule has 3 rings (SSSR count). The lowest BCUT2D eigenvalue weighted by atomic mass is 9.97. The van der Waals surface area contributed by atoms with Gasteiger partial charge in [0.15, 0.2) is 18.7 Å². The van der Waals surface area contributed by atoms with Crippen molar-refractivity contribution in [1.82, 2.24) is 0 Å². The van der Waals surface area contributed by atoms with Gasteiger partial charge in [0.05, 0.1) is 13.2 Å². The minimum Gasteiger partial charge on any atom is -0.482 e. The summed E-state index contributed by atoms with van der Waals surface area (Å²) in [7, 11) is 0. The van der Waals surface area contributed by atoms with Crippen LogP contribution >= 0.6 is 0 Å². The van der Waals surface area contributed by atoms with Crippen LogP contribution in [0.5, 0.6) is 5.75 Å². The molecular weight excluding hydrogens is 406 g/mol. The third kappa shape index (κ3) is 4.68. The molecule has 2 fully saturated rings.